The molecule has 6 nitrogen and oxygen atoms in total. The van der Waals surface area contributed by atoms with Crippen LogP contribution in [-0.4, -0.2) is 24.3 Å². The summed E-state index contributed by atoms with van der Waals surface area (Å²) in [5, 5.41) is 12.5. The number of nitrogens with one attached hydrogen (secondary N) is 1. The lowest BCUT2D eigenvalue weighted by Gasteiger charge is -2.11. The van der Waals surface area contributed by atoms with Crippen LogP contribution in [0.15, 0.2) is 42.5 Å². The van der Waals surface area contributed by atoms with Gasteiger partial charge in [0.25, 0.3) is 0 Å². The molecule has 0 bridgehead atoms. The SMILES string of the molecule is COC(=O)c1cc(Cl)cc(NC(=O)OCc2ccccc2)c1O. The van der Waals surface area contributed by atoms with Gasteiger partial charge in [0.05, 0.1) is 12.8 Å². The molecule has 0 aliphatic rings. The van der Waals surface area contributed by atoms with Gasteiger partial charge >= 0.3 is 12.1 Å². The van der Waals surface area contributed by atoms with Crippen molar-refractivity contribution < 1.29 is 24.2 Å². The first-order chi connectivity index (χ1) is 11.0. The maximum Gasteiger partial charge on any atom is 0.412 e. The summed E-state index contributed by atoms with van der Waals surface area (Å²) in [6, 6.07) is 11.6. The Morgan fingerprint density at radius 1 is 1.22 bits per heavy atom. The van der Waals surface area contributed by atoms with Crippen LogP contribution in [0.4, 0.5) is 10.5 Å². The number of hydrogen-bond acceptors (Lipinski definition) is 5. The first-order valence-electron chi connectivity index (χ1n) is 6.59. The molecule has 0 unspecified atom stereocenters. The van der Waals surface area contributed by atoms with Gasteiger partial charge in [-0.1, -0.05) is 41.9 Å². The number of esters is 1. The predicted molar refractivity (Wildman–Crippen MR) is 84.7 cm³/mol. The first kappa shape index (κ1) is 16.6. The maximum atomic E-state index is 11.8. The summed E-state index contributed by atoms with van der Waals surface area (Å²) in [6.07, 6.45) is -0.790. The van der Waals surface area contributed by atoms with Crippen molar-refractivity contribution in [3.05, 3.63) is 58.6 Å². The molecule has 23 heavy (non-hydrogen) atoms. The lowest BCUT2D eigenvalue weighted by Crippen LogP contribution is -2.14. The van der Waals surface area contributed by atoms with E-state index >= 15 is 0 Å². The fraction of sp³-hybridized carbons (Fsp3) is 0.125. The molecule has 1 amide bonds. The molecule has 2 aromatic rings. The Bertz CT molecular complexity index is 718. The molecule has 2 aromatic carbocycles. The monoisotopic (exact) mass is 335 g/mol. The van der Waals surface area contributed by atoms with Crippen LogP contribution >= 0.6 is 11.6 Å². The second-order valence-corrected chi connectivity index (χ2v) is 4.96. The molecule has 7 heteroatoms. The Labute approximate surface area is 137 Å². The van der Waals surface area contributed by atoms with E-state index in [9.17, 15) is 14.7 Å². The zero-order chi connectivity index (χ0) is 16.8. The largest absolute Gasteiger partial charge is 0.505 e. The lowest BCUT2D eigenvalue weighted by molar-refractivity contribution is 0.0597. The van der Waals surface area contributed by atoms with Crippen molar-refractivity contribution in [2.24, 2.45) is 0 Å². The summed E-state index contributed by atoms with van der Waals surface area (Å²) in [6.45, 7) is 0.0673. The summed E-state index contributed by atoms with van der Waals surface area (Å²) in [4.78, 5) is 23.3. The van der Waals surface area contributed by atoms with Gasteiger partial charge in [-0.25, -0.2) is 9.59 Å². The van der Waals surface area contributed by atoms with Crippen molar-refractivity contribution in [1.82, 2.24) is 0 Å². The topological polar surface area (TPSA) is 84.9 Å². The lowest BCUT2D eigenvalue weighted by atomic mass is 10.1. The highest BCUT2D eigenvalue weighted by Gasteiger charge is 2.18. The average molecular weight is 336 g/mol. The molecule has 0 aromatic heterocycles. The van der Waals surface area contributed by atoms with Gasteiger partial charge in [-0.05, 0) is 17.7 Å². The van der Waals surface area contributed by atoms with Gasteiger partial charge in [0.15, 0.2) is 5.75 Å². The predicted octanol–water partition coefficient (Wildman–Crippen LogP) is 3.58. The molecule has 0 saturated carbocycles. The minimum atomic E-state index is -0.790. The van der Waals surface area contributed by atoms with Crippen LogP contribution < -0.4 is 5.32 Å². The minimum absolute atomic E-state index is 0.0454. The van der Waals surface area contributed by atoms with E-state index in [2.05, 4.69) is 10.1 Å². The van der Waals surface area contributed by atoms with Crippen molar-refractivity contribution in [2.45, 2.75) is 6.61 Å². The smallest absolute Gasteiger partial charge is 0.412 e. The van der Waals surface area contributed by atoms with Gasteiger partial charge in [-0.3, -0.25) is 5.32 Å². The zero-order valence-corrected chi connectivity index (χ0v) is 13.0. The van der Waals surface area contributed by atoms with E-state index in [1.165, 1.54) is 19.2 Å². The third kappa shape index (κ3) is 4.37. The van der Waals surface area contributed by atoms with E-state index in [1.54, 1.807) is 12.1 Å². The summed E-state index contributed by atoms with van der Waals surface area (Å²) >= 11 is 5.87. The molecule has 0 aliphatic carbocycles. The Morgan fingerprint density at radius 2 is 1.91 bits per heavy atom. The number of carbonyl (C=O) groups is 2. The van der Waals surface area contributed by atoms with E-state index < -0.39 is 17.8 Å². The fourth-order valence-electron chi connectivity index (χ4n) is 1.83. The highest BCUT2D eigenvalue weighted by Crippen LogP contribution is 2.32. The van der Waals surface area contributed by atoms with Crippen LogP contribution in [0.1, 0.15) is 15.9 Å². The maximum absolute atomic E-state index is 11.8. The molecule has 0 spiro atoms. The second-order valence-electron chi connectivity index (χ2n) is 4.53. The summed E-state index contributed by atoms with van der Waals surface area (Å²) in [7, 11) is 1.17. The molecule has 0 fully saturated rings. The number of phenols is 1. The molecule has 120 valence electrons. The fourth-order valence-corrected chi connectivity index (χ4v) is 2.05. The van der Waals surface area contributed by atoms with E-state index in [-0.39, 0.29) is 22.9 Å². The van der Waals surface area contributed by atoms with Crippen LogP contribution in [0.3, 0.4) is 0 Å². The van der Waals surface area contributed by atoms with Crippen LogP contribution in [0.5, 0.6) is 5.75 Å². The van der Waals surface area contributed by atoms with Gasteiger partial charge in [0, 0.05) is 5.02 Å². The minimum Gasteiger partial charge on any atom is -0.505 e. The number of rotatable bonds is 4. The molecular formula is C16H14ClNO5. The summed E-state index contributed by atoms with van der Waals surface area (Å²) in [5.41, 5.74) is 0.613. The molecule has 0 saturated heterocycles. The number of halogens is 1. The van der Waals surface area contributed by atoms with Gasteiger partial charge in [0.2, 0.25) is 0 Å². The number of aromatic hydroxyl groups is 1. The molecule has 2 rings (SSSR count). The number of methoxy groups -OCH3 is 1. The number of carbonyl (C=O) groups excluding carboxylic acids is 2. The van der Waals surface area contributed by atoms with Crippen molar-refractivity contribution in [2.75, 3.05) is 12.4 Å². The number of amides is 1. The number of anilines is 1. The zero-order valence-electron chi connectivity index (χ0n) is 12.2. The van der Waals surface area contributed by atoms with E-state index in [1.807, 2.05) is 18.2 Å². The number of ether oxygens (including phenoxy) is 2. The Hall–Kier alpha value is -2.73. The van der Waals surface area contributed by atoms with E-state index in [4.69, 9.17) is 16.3 Å². The quantitative estimate of drug-likeness (QED) is 0.659. The standard InChI is InChI=1S/C16H14ClNO5/c1-22-15(20)12-7-11(17)8-13(14(12)19)18-16(21)23-9-10-5-3-2-4-6-10/h2-8,19H,9H2,1H3,(H,18,21). The first-order valence-corrected chi connectivity index (χ1v) is 6.97. The molecule has 0 aliphatic heterocycles. The molecule has 0 atom stereocenters. The normalized spacial score (nSPS) is 10.0. The van der Waals surface area contributed by atoms with E-state index in [0.717, 1.165) is 5.56 Å². The Morgan fingerprint density at radius 3 is 2.57 bits per heavy atom. The van der Waals surface area contributed by atoms with E-state index in [0.29, 0.717) is 0 Å². The highest BCUT2D eigenvalue weighted by atomic mass is 35.5. The van der Waals surface area contributed by atoms with Crippen LogP contribution in [0.2, 0.25) is 5.02 Å². The van der Waals surface area contributed by atoms with Gasteiger partial charge in [0.1, 0.15) is 12.2 Å². The van der Waals surface area contributed by atoms with Gasteiger partial charge in [-0.2, -0.15) is 0 Å². The van der Waals surface area contributed by atoms with Crippen LogP contribution in [-0.2, 0) is 16.1 Å². The third-order valence-corrected chi connectivity index (χ3v) is 3.15. The van der Waals surface area contributed by atoms with Crippen molar-refractivity contribution in [1.29, 1.82) is 0 Å². The van der Waals surface area contributed by atoms with Gasteiger partial charge < -0.3 is 14.6 Å². The highest BCUT2D eigenvalue weighted by molar-refractivity contribution is 6.31. The van der Waals surface area contributed by atoms with Crippen molar-refractivity contribution in [3.63, 3.8) is 0 Å². The summed E-state index contributed by atoms with van der Waals surface area (Å²) in [5.74, 6) is -1.22. The number of benzene rings is 2. The Kier molecular flexibility index (Phi) is 5.43. The third-order valence-electron chi connectivity index (χ3n) is 2.93. The van der Waals surface area contributed by atoms with Gasteiger partial charge in [-0.15, -0.1) is 0 Å². The van der Waals surface area contributed by atoms with Crippen molar-refractivity contribution >= 4 is 29.4 Å². The average Bonchev–Trinajstić information content (AvgIpc) is 2.56. The molecule has 0 radical (unpaired) electrons. The number of hydrogen-bond donors (Lipinski definition) is 2. The van der Waals surface area contributed by atoms with Crippen LogP contribution in [0.25, 0.3) is 0 Å². The molecule has 0 heterocycles. The molecular weight excluding hydrogens is 322 g/mol. The summed E-state index contributed by atoms with van der Waals surface area (Å²) < 4.78 is 9.57. The van der Waals surface area contributed by atoms with Crippen molar-refractivity contribution in [3.8, 4) is 5.75 Å². The molecule has 2 N–H and O–H groups in total. The number of phenolic OH excluding ortho intramolecular Hbond substituents is 1. The Balaban J connectivity index is 2.08. The van der Waals surface area contributed by atoms with Crippen LogP contribution in [0, 0.1) is 0 Å². The second kappa shape index (κ2) is 7.51.